The fourth-order valence-corrected chi connectivity index (χ4v) is 3.12. The van der Waals surface area contributed by atoms with Gasteiger partial charge in [0.1, 0.15) is 18.1 Å². The van der Waals surface area contributed by atoms with Gasteiger partial charge < -0.3 is 24.2 Å². The number of hydrogen-bond acceptors (Lipinski definition) is 7. The molecule has 4 rings (SSSR count). The van der Waals surface area contributed by atoms with E-state index in [1.165, 1.54) is 6.26 Å². The van der Waals surface area contributed by atoms with Crippen molar-refractivity contribution in [3.8, 4) is 5.75 Å². The van der Waals surface area contributed by atoms with Crippen molar-refractivity contribution in [1.29, 1.82) is 0 Å². The second-order valence-corrected chi connectivity index (χ2v) is 6.18. The maximum absolute atomic E-state index is 12.3. The van der Waals surface area contributed by atoms with Crippen LogP contribution in [0.5, 0.6) is 5.75 Å². The van der Waals surface area contributed by atoms with Gasteiger partial charge in [-0.2, -0.15) is 0 Å². The Kier molecular flexibility index (Phi) is 3.90. The number of amides is 2. The van der Waals surface area contributed by atoms with E-state index in [1.54, 1.807) is 35.0 Å². The highest BCUT2D eigenvalue weighted by molar-refractivity contribution is 5.99. The van der Waals surface area contributed by atoms with Crippen LogP contribution in [0.3, 0.4) is 0 Å². The lowest BCUT2D eigenvalue weighted by Crippen LogP contribution is -2.36. The monoisotopic (exact) mass is 358 g/mol. The summed E-state index contributed by atoms with van der Waals surface area (Å²) in [5.41, 5.74) is 2.20. The molecule has 1 N–H and O–H groups in total. The van der Waals surface area contributed by atoms with Crippen LogP contribution in [0, 0.1) is 6.92 Å². The normalized spacial score (nSPS) is 19.2. The Balaban J connectivity index is 1.52. The third-order valence-corrected chi connectivity index (χ3v) is 4.55. The molecular weight excluding hydrogens is 340 g/mol. The molecule has 9 nitrogen and oxygen atoms in total. The molecule has 0 bridgehead atoms. The van der Waals surface area contributed by atoms with Crippen molar-refractivity contribution in [2.24, 2.45) is 0 Å². The number of ether oxygens (including phenoxy) is 2. The van der Waals surface area contributed by atoms with Gasteiger partial charge in [-0.15, -0.1) is 0 Å². The molecule has 2 aromatic rings. The van der Waals surface area contributed by atoms with Gasteiger partial charge in [0.05, 0.1) is 24.5 Å². The molecule has 0 aliphatic carbocycles. The zero-order valence-electron chi connectivity index (χ0n) is 14.4. The van der Waals surface area contributed by atoms with Gasteiger partial charge >= 0.3 is 6.09 Å². The number of carbonyl (C=O) groups is 2. The standard InChI is InChI=1S/C17H18N4O5/c1-10-12(3-4-13-16(10)24-9-15(22)20(13)2)21-8-11(26-17(21)23)7-18-14-5-6-25-19-14/h3-6,11H,7-9H2,1-2H3,(H,18,19)/t11-/m0/s1. The molecule has 9 heteroatoms. The first kappa shape index (κ1) is 16.2. The Labute approximate surface area is 149 Å². The number of rotatable bonds is 4. The largest absolute Gasteiger partial charge is 0.481 e. The zero-order chi connectivity index (χ0) is 18.3. The molecule has 0 spiro atoms. The summed E-state index contributed by atoms with van der Waals surface area (Å²) in [4.78, 5) is 27.2. The van der Waals surface area contributed by atoms with Crippen molar-refractivity contribution in [3.63, 3.8) is 0 Å². The second-order valence-electron chi connectivity index (χ2n) is 6.18. The minimum atomic E-state index is -0.416. The molecule has 0 unspecified atom stereocenters. The molecule has 1 atom stereocenters. The highest BCUT2D eigenvalue weighted by Gasteiger charge is 2.35. The number of cyclic esters (lactones) is 1. The Morgan fingerprint density at radius 2 is 2.08 bits per heavy atom. The van der Waals surface area contributed by atoms with Crippen LogP contribution in [0.1, 0.15) is 5.56 Å². The number of likely N-dealkylation sites (N-methyl/N-ethyl adjacent to an activating group) is 1. The first-order chi connectivity index (χ1) is 12.5. The van der Waals surface area contributed by atoms with Gasteiger partial charge in [0.25, 0.3) is 5.91 Å². The van der Waals surface area contributed by atoms with Crippen LogP contribution >= 0.6 is 0 Å². The first-order valence-corrected chi connectivity index (χ1v) is 8.20. The quantitative estimate of drug-likeness (QED) is 0.889. The van der Waals surface area contributed by atoms with E-state index in [-0.39, 0.29) is 18.6 Å². The number of fused-ring (bicyclic) bond motifs is 1. The molecule has 2 amide bonds. The van der Waals surface area contributed by atoms with Crippen molar-refractivity contribution in [2.45, 2.75) is 13.0 Å². The van der Waals surface area contributed by atoms with Crippen LogP contribution < -0.4 is 19.9 Å². The molecule has 1 aromatic heterocycles. The molecule has 1 saturated heterocycles. The lowest BCUT2D eigenvalue weighted by Gasteiger charge is -2.29. The van der Waals surface area contributed by atoms with Crippen molar-refractivity contribution < 1.29 is 23.6 Å². The number of carbonyl (C=O) groups excluding carboxylic acids is 2. The van der Waals surface area contributed by atoms with Gasteiger partial charge in [0, 0.05) is 18.7 Å². The van der Waals surface area contributed by atoms with E-state index < -0.39 is 6.09 Å². The van der Waals surface area contributed by atoms with Gasteiger partial charge in [0.2, 0.25) is 0 Å². The lowest BCUT2D eigenvalue weighted by atomic mass is 10.1. The lowest BCUT2D eigenvalue weighted by molar-refractivity contribution is -0.121. The topological polar surface area (TPSA) is 97.1 Å². The Bertz CT molecular complexity index is 851. The van der Waals surface area contributed by atoms with Crippen LogP contribution in [0.25, 0.3) is 0 Å². The third kappa shape index (κ3) is 2.71. The molecule has 2 aliphatic heterocycles. The van der Waals surface area contributed by atoms with E-state index in [9.17, 15) is 9.59 Å². The maximum atomic E-state index is 12.3. The van der Waals surface area contributed by atoms with Crippen LogP contribution in [-0.2, 0) is 9.53 Å². The Hall–Kier alpha value is -3.23. The summed E-state index contributed by atoms with van der Waals surface area (Å²) >= 11 is 0. The second kappa shape index (κ2) is 6.25. The predicted molar refractivity (Wildman–Crippen MR) is 92.7 cm³/mol. The van der Waals surface area contributed by atoms with E-state index in [0.717, 1.165) is 5.56 Å². The van der Waals surface area contributed by atoms with E-state index in [4.69, 9.17) is 14.0 Å². The summed E-state index contributed by atoms with van der Waals surface area (Å²) in [6.07, 6.45) is 0.730. The maximum Gasteiger partial charge on any atom is 0.414 e. The van der Waals surface area contributed by atoms with Gasteiger partial charge in [-0.3, -0.25) is 9.69 Å². The number of hydrogen-bond donors (Lipinski definition) is 1. The summed E-state index contributed by atoms with van der Waals surface area (Å²) in [6.45, 7) is 2.68. The fraction of sp³-hybridized carbons (Fsp3) is 0.353. The van der Waals surface area contributed by atoms with Crippen molar-refractivity contribution in [2.75, 3.05) is 41.9 Å². The average Bonchev–Trinajstić information content (AvgIpc) is 3.26. The van der Waals surface area contributed by atoms with E-state index >= 15 is 0 Å². The SMILES string of the molecule is Cc1c(N2C[C@H](CNc3ccon3)OC2=O)ccc2c1OCC(=O)N2C. The Morgan fingerprint density at radius 1 is 1.27 bits per heavy atom. The molecule has 1 fully saturated rings. The highest BCUT2D eigenvalue weighted by atomic mass is 16.6. The summed E-state index contributed by atoms with van der Waals surface area (Å²) < 4.78 is 15.8. The van der Waals surface area contributed by atoms with Crippen molar-refractivity contribution in [3.05, 3.63) is 30.0 Å². The van der Waals surface area contributed by atoms with Crippen LogP contribution in [-0.4, -0.2) is 50.0 Å². The molecule has 26 heavy (non-hydrogen) atoms. The van der Waals surface area contributed by atoms with Crippen LogP contribution in [0.2, 0.25) is 0 Å². The van der Waals surface area contributed by atoms with Gasteiger partial charge in [0.15, 0.2) is 12.4 Å². The van der Waals surface area contributed by atoms with Gasteiger partial charge in [-0.25, -0.2) is 4.79 Å². The molecule has 1 aromatic carbocycles. The highest BCUT2D eigenvalue weighted by Crippen LogP contribution is 2.40. The summed E-state index contributed by atoms with van der Waals surface area (Å²) in [6, 6.07) is 5.28. The van der Waals surface area contributed by atoms with E-state index in [0.29, 0.717) is 36.0 Å². The average molecular weight is 358 g/mol. The van der Waals surface area contributed by atoms with E-state index in [1.807, 2.05) is 6.92 Å². The number of nitrogens with zero attached hydrogens (tertiary/aromatic N) is 3. The number of benzene rings is 1. The molecule has 2 aliphatic rings. The molecule has 136 valence electrons. The molecule has 0 saturated carbocycles. The minimum Gasteiger partial charge on any atom is -0.481 e. The van der Waals surface area contributed by atoms with Gasteiger partial charge in [-0.05, 0) is 19.1 Å². The van der Waals surface area contributed by atoms with Crippen LogP contribution in [0.15, 0.2) is 29.0 Å². The summed E-state index contributed by atoms with van der Waals surface area (Å²) in [7, 11) is 1.71. The summed E-state index contributed by atoms with van der Waals surface area (Å²) in [5.74, 6) is 1.09. The third-order valence-electron chi connectivity index (χ3n) is 4.55. The van der Waals surface area contributed by atoms with E-state index in [2.05, 4.69) is 10.5 Å². The minimum absolute atomic E-state index is 0.0114. The van der Waals surface area contributed by atoms with Gasteiger partial charge in [-0.1, -0.05) is 5.16 Å². The van der Waals surface area contributed by atoms with Crippen LogP contribution in [0.4, 0.5) is 22.0 Å². The molecule has 0 radical (unpaired) electrons. The molecule has 3 heterocycles. The van der Waals surface area contributed by atoms with Crippen molar-refractivity contribution in [1.82, 2.24) is 5.16 Å². The predicted octanol–water partition coefficient (Wildman–Crippen LogP) is 1.78. The summed E-state index contributed by atoms with van der Waals surface area (Å²) in [5, 5.41) is 6.82. The Morgan fingerprint density at radius 3 is 2.85 bits per heavy atom. The number of aromatic nitrogens is 1. The zero-order valence-corrected chi connectivity index (χ0v) is 14.4. The first-order valence-electron chi connectivity index (χ1n) is 8.20. The van der Waals surface area contributed by atoms with Crippen molar-refractivity contribution >= 4 is 29.2 Å². The molecular formula is C17H18N4O5. The smallest absolute Gasteiger partial charge is 0.414 e. The fourth-order valence-electron chi connectivity index (χ4n) is 3.12. The number of anilines is 3. The number of nitrogens with one attached hydrogen (secondary N) is 1.